The quantitative estimate of drug-likeness (QED) is 0.810. The summed E-state index contributed by atoms with van der Waals surface area (Å²) in [6.07, 6.45) is 2.49. The fraction of sp³-hybridized carbons (Fsp3) is 0.500. The van der Waals surface area contributed by atoms with Gasteiger partial charge in [-0.15, -0.1) is 0 Å². The van der Waals surface area contributed by atoms with Gasteiger partial charge in [0.25, 0.3) is 0 Å². The Morgan fingerprint density at radius 2 is 2.24 bits per heavy atom. The molecule has 0 aromatic carbocycles. The van der Waals surface area contributed by atoms with E-state index in [1.807, 2.05) is 16.8 Å². The summed E-state index contributed by atoms with van der Waals surface area (Å²) in [6, 6.07) is 2.00. The van der Waals surface area contributed by atoms with Gasteiger partial charge < -0.3 is 10.4 Å². The molecule has 0 saturated heterocycles. The number of thiophene rings is 1. The maximum absolute atomic E-state index is 11.5. The normalized spacial score (nSPS) is 16.5. The first kappa shape index (κ1) is 12.1. The van der Waals surface area contributed by atoms with Crippen molar-refractivity contribution in [3.8, 4) is 0 Å². The zero-order valence-corrected chi connectivity index (χ0v) is 10.3. The second kappa shape index (κ2) is 4.87. The number of carbonyl (C=O) groups excluding carboxylic acids is 1. The van der Waals surface area contributed by atoms with Gasteiger partial charge in [-0.2, -0.15) is 11.3 Å². The van der Waals surface area contributed by atoms with Crippen LogP contribution >= 0.6 is 11.3 Å². The van der Waals surface area contributed by atoms with Crippen LogP contribution in [0, 0.1) is 5.41 Å². The number of hydrogen-bond donors (Lipinski definition) is 2. The number of nitrogens with one attached hydrogen (secondary N) is 1. The van der Waals surface area contributed by atoms with Crippen molar-refractivity contribution in [1.82, 2.24) is 5.32 Å². The van der Waals surface area contributed by atoms with Crippen molar-refractivity contribution in [2.24, 2.45) is 5.41 Å². The summed E-state index contributed by atoms with van der Waals surface area (Å²) in [5, 5.41) is 15.7. The molecule has 5 heteroatoms. The molecule has 1 aromatic heterocycles. The molecule has 1 aliphatic rings. The third kappa shape index (κ3) is 3.06. The predicted molar refractivity (Wildman–Crippen MR) is 65.0 cm³/mol. The van der Waals surface area contributed by atoms with Crippen LogP contribution in [0.1, 0.15) is 24.8 Å². The molecule has 1 amide bonds. The average molecular weight is 253 g/mol. The van der Waals surface area contributed by atoms with Crippen LogP contribution in [0.5, 0.6) is 0 Å². The second-order valence-corrected chi connectivity index (χ2v) is 5.27. The van der Waals surface area contributed by atoms with Gasteiger partial charge in [0.2, 0.25) is 5.91 Å². The maximum Gasteiger partial charge on any atom is 0.311 e. The zero-order valence-electron chi connectivity index (χ0n) is 9.44. The summed E-state index contributed by atoms with van der Waals surface area (Å²) in [4.78, 5) is 22.4. The molecular weight excluding hydrogens is 238 g/mol. The smallest absolute Gasteiger partial charge is 0.311 e. The Balaban J connectivity index is 1.70. The predicted octanol–water partition coefficient (Wildman–Crippen LogP) is 1.66. The third-order valence-electron chi connectivity index (χ3n) is 3.15. The monoisotopic (exact) mass is 253 g/mol. The Bertz CT molecular complexity index is 409. The molecule has 0 atom stereocenters. The van der Waals surface area contributed by atoms with Gasteiger partial charge in [-0.1, -0.05) is 0 Å². The lowest BCUT2D eigenvalue weighted by Crippen LogP contribution is -2.34. The highest BCUT2D eigenvalue weighted by atomic mass is 32.1. The topological polar surface area (TPSA) is 66.4 Å². The van der Waals surface area contributed by atoms with Crippen LogP contribution in [0.15, 0.2) is 16.8 Å². The van der Waals surface area contributed by atoms with E-state index in [-0.39, 0.29) is 12.5 Å². The first-order valence-corrected chi connectivity index (χ1v) is 6.58. The summed E-state index contributed by atoms with van der Waals surface area (Å²) in [6.45, 7) is 0.269. The lowest BCUT2D eigenvalue weighted by Gasteiger charge is -2.10. The Morgan fingerprint density at radius 3 is 2.76 bits per heavy atom. The molecule has 1 heterocycles. The molecule has 1 aromatic rings. The number of aryl methyl sites for hydroxylation is 1. The molecule has 1 fully saturated rings. The second-order valence-electron chi connectivity index (χ2n) is 4.49. The molecule has 2 N–H and O–H groups in total. The summed E-state index contributed by atoms with van der Waals surface area (Å²) >= 11 is 1.61. The minimum absolute atomic E-state index is 0.0660. The van der Waals surface area contributed by atoms with Crippen LogP contribution in [-0.2, 0) is 16.0 Å². The number of rotatable bonds is 6. The summed E-state index contributed by atoms with van der Waals surface area (Å²) in [5.74, 6) is -0.862. The molecule has 0 unspecified atom stereocenters. The highest BCUT2D eigenvalue weighted by molar-refractivity contribution is 7.07. The first-order valence-electron chi connectivity index (χ1n) is 5.64. The van der Waals surface area contributed by atoms with Crippen LogP contribution in [0.25, 0.3) is 0 Å². The van der Waals surface area contributed by atoms with Gasteiger partial charge in [0, 0.05) is 13.0 Å². The summed E-state index contributed by atoms with van der Waals surface area (Å²) < 4.78 is 0. The number of hydrogen-bond acceptors (Lipinski definition) is 3. The number of amides is 1. The van der Waals surface area contributed by atoms with Crippen LogP contribution in [0.2, 0.25) is 0 Å². The van der Waals surface area contributed by atoms with Crippen molar-refractivity contribution in [1.29, 1.82) is 0 Å². The molecule has 0 bridgehead atoms. The third-order valence-corrected chi connectivity index (χ3v) is 3.88. The lowest BCUT2D eigenvalue weighted by atomic mass is 10.1. The highest BCUT2D eigenvalue weighted by Crippen LogP contribution is 2.45. The fourth-order valence-electron chi connectivity index (χ4n) is 1.67. The van der Waals surface area contributed by atoms with Crippen molar-refractivity contribution in [3.05, 3.63) is 22.4 Å². The van der Waals surface area contributed by atoms with E-state index < -0.39 is 11.4 Å². The van der Waals surface area contributed by atoms with Crippen LogP contribution in [-0.4, -0.2) is 23.5 Å². The number of carboxylic acid groups (broad SMARTS) is 1. The Kier molecular flexibility index (Phi) is 3.47. The number of carbonyl (C=O) groups is 2. The minimum atomic E-state index is -0.796. The van der Waals surface area contributed by atoms with E-state index in [1.165, 1.54) is 0 Å². The van der Waals surface area contributed by atoms with Crippen LogP contribution in [0.3, 0.4) is 0 Å². The largest absolute Gasteiger partial charge is 0.481 e. The van der Waals surface area contributed by atoms with E-state index in [4.69, 9.17) is 5.11 Å². The summed E-state index contributed by atoms with van der Waals surface area (Å²) in [7, 11) is 0. The zero-order chi connectivity index (χ0) is 12.3. The van der Waals surface area contributed by atoms with E-state index in [2.05, 4.69) is 5.32 Å². The summed E-state index contributed by atoms with van der Waals surface area (Å²) in [5.41, 5.74) is 0.488. The molecule has 0 radical (unpaired) electrons. The van der Waals surface area contributed by atoms with Gasteiger partial charge >= 0.3 is 5.97 Å². The Hall–Kier alpha value is -1.36. The van der Waals surface area contributed by atoms with Crippen molar-refractivity contribution in [3.63, 3.8) is 0 Å². The van der Waals surface area contributed by atoms with Crippen molar-refractivity contribution in [2.45, 2.75) is 25.7 Å². The van der Waals surface area contributed by atoms with Crippen LogP contribution in [0.4, 0.5) is 0 Å². The molecule has 4 nitrogen and oxygen atoms in total. The van der Waals surface area contributed by atoms with E-state index in [1.54, 1.807) is 11.3 Å². The minimum Gasteiger partial charge on any atom is -0.481 e. The lowest BCUT2D eigenvalue weighted by molar-refractivity contribution is -0.143. The first-order chi connectivity index (χ1) is 8.12. The maximum atomic E-state index is 11.5. The molecule has 2 rings (SSSR count). The van der Waals surface area contributed by atoms with Gasteiger partial charge in [0.15, 0.2) is 0 Å². The SMILES string of the molecule is O=C(CCc1ccsc1)NCC1(C(=O)O)CC1. The number of aliphatic carboxylic acids is 1. The van der Waals surface area contributed by atoms with Crippen molar-refractivity contribution in [2.75, 3.05) is 6.54 Å². The van der Waals surface area contributed by atoms with E-state index in [0.717, 1.165) is 12.0 Å². The van der Waals surface area contributed by atoms with E-state index >= 15 is 0 Å². The van der Waals surface area contributed by atoms with E-state index in [9.17, 15) is 9.59 Å². The van der Waals surface area contributed by atoms with Gasteiger partial charge in [-0.25, -0.2) is 0 Å². The van der Waals surface area contributed by atoms with Crippen molar-refractivity contribution < 1.29 is 14.7 Å². The Labute approximate surface area is 104 Å². The fourth-order valence-corrected chi connectivity index (χ4v) is 2.37. The van der Waals surface area contributed by atoms with Crippen LogP contribution < -0.4 is 5.32 Å². The van der Waals surface area contributed by atoms with E-state index in [0.29, 0.717) is 19.3 Å². The molecule has 0 spiro atoms. The average Bonchev–Trinajstić information content (AvgIpc) is 2.93. The molecule has 1 saturated carbocycles. The van der Waals surface area contributed by atoms with Crippen molar-refractivity contribution >= 4 is 23.2 Å². The van der Waals surface area contributed by atoms with Gasteiger partial charge in [0.05, 0.1) is 5.41 Å². The Morgan fingerprint density at radius 1 is 1.47 bits per heavy atom. The number of carboxylic acids is 1. The highest BCUT2D eigenvalue weighted by Gasteiger charge is 2.50. The van der Waals surface area contributed by atoms with Gasteiger partial charge in [0.1, 0.15) is 0 Å². The molecule has 17 heavy (non-hydrogen) atoms. The standard InChI is InChI=1S/C12H15NO3S/c14-10(2-1-9-3-6-17-7-9)13-8-12(4-5-12)11(15)16/h3,6-7H,1-2,4-5,8H2,(H,13,14)(H,15,16). The molecular formula is C12H15NO3S. The van der Waals surface area contributed by atoms with Gasteiger partial charge in [-0.3, -0.25) is 9.59 Å². The molecule has 92 valence electrons. The molecule has 0 aliphatic heterocycles. The molecule has 1 aliphatic carbocycles. The van der Waals surface area contributed by atoms with Gasteiger partial charge in [-0.05, 0) is 41.7 Å².